The van der Waals surface area contributed by atoms with E-state index in [-0.39, 0.29) is 6.03 Å². The molecule has 1 aromatic carbocycles. The normalized spacial score (nSPS) is 10.8. The SMILES string of the molecule is C/C=C/CCNC(=O)Nc1ccc(/C=C/C(=O)O)cc1. The van der Waals surface area contributed by atoms with Crippen LogP contribution in [0.2, 0.25) is 0 Å². The molecule has 0 spiro atoms. The molecule has 0 aliphatic carbocycles. The summed E-state index contributed by atoms with van der Waals surface area (Å²) in [7, 11) is 0. The van der Waals surface area contributed by atoms with Gasteiger partial charge in [0.1, 0.15) is 0 Å². The second-order valence-electron chi connectivity index (χ2n) is 4.03. The van der Waals surface area contributed by atoms with E-state index in [9.17, 15) is 9.59 Å². The van der Waals surface area contributed by atoms with E-state index in [1.807, 2.05) is 19.1 Å². The lowest BCUT2D eigenvalue weighted by atomic mass is 10.2. The van der Waals surface area contributed by atoms with Crippen LogP contribution in [0.4, 0.5) is 10.5 Å². The molecule has 0 aliphatic rings. The number of carboxylic acids is 1. The van der Waals surface area contributed by atoms with Gasteiger partial charge in [-0.05, 0) is 37.1 Å². The van der Waals surface area contributed by atoms with E-state index in [0.717, 1.165) is 18.1 Å². The van der Waals surface area contributed by atoms with Crippen LogP contribution in [0, 0.1) is 0 Å². The number of carboxylic acid groups (broad SMARTS) is 1. The van der Waals surface area contributed by atoms with Crippen molar-refractivity contribution in [2.75, 3.05) is 11.9 Å². The molecule has 0 bridgehead atoms. The van der Waals surface area contributed by atoms with Gasteiger partial charge in [-0.25, -0.2) is 9.59 Å². The molecule has 1 aromatic rings. The van der Waals surface area contributed by atoms with Gasteiger partial charge in [0.05, 0.1) is 0 Å². The van der Waals surface area contributed by atoms with Gasteiger partial charge in [0.2, 0.25) is 0 Å². The average Bonchev–Trinajstić information content (AvgIpc) is 2.43. The highest BCUT2D eigenvalue weighted by atomic mass is 16.4. The van der Waals surface area contributed by atoms with E-state index < -0.39 is 5.97 Å². The summed E-state index contributed by atoms with van der Waals surface area (Å²) < 4.78 is 0. The fourth-order valence-electron chi connectivity index (χ4n) is 1.46. The maximum absolute atomic E-state index is 11.5. The lowest BCUT2D eigenvalue weighted by Gasteiger charge is -2.06. The van der Waals surface area contributed by atoms with Crippen molar-refractivity contribution in [1.82, 2.24) is 5.32 Å². The van der Waals surface area contributed by atoms with Gasteiger partial charge in [-0.1, -0.05) is 24.3 Å². The summed E-state index contributed by atoms with van der Waals surface area (Å²) in [5.74, 6) is -0.993. The summed E-state index contributed by atoms with van der Waals surface area (Å²) in [4.78, 5) is 21.9. The van der Waals surface area contributed by atoms with Gasteiger partial charge in [-0.15, -0.1) is 0 Å². The van der Waals surface area contributed by atoms with Gasteiger partial charge in [-0.3, -0.25) is 0 Å². The van der Waals surface area contributed by atoms with Crippen molar-refractivity contribution in [3.8, 4) is 0 Å². The molecule has 0 saturated heterocycles. The molecule has 0 aromatic heterocycles. The van der Waals surface area contributed by atoms with Gasteiger partial charge in [0.15, 0.2) is 0 Å². The van der Waals surface area contributed by atoms with E-state index in [1.165, 1.54) is 6.08 Å². The number of urea groups is 1. The van der Waals surface area contributed by atoms with E-state index in [4.69, 9.17) is 5.11 Å². The topological polar surface area (TPSA) is 78.4 Å². The van der Waals surface area contributed by atoms with Crippen molar-refractivity contribution in [2.45, 2.75) is 13.3 Å². The number of hydrogen-bond acceptors (Lipinski definition) is 2. The van der Waals surface area contributed by atoms with E-state index in [2.05, 4.69) is 10.6 Å². The number of carbonyl (C=O) groups excluding carboxylic acids is 1. The third-order valence-corrected chi connectivity index (χ3v) is 2.42. The first-order chi connectivity index (χ1) is 9.61. The Morgan fingerprint density at radius 1 is 1.25 bits per heavy atom. The van der Waals surface area contributed by atoms with Crippen LogP contribution in [0.1, 0.15) is 18.9 Å². The fourth-order valence-corrected chi connectivity index (χ4v) is 1.46. The molecule has 0 atom stereocenters. The number of nitrogens with one attached hydrogen (secondary N) is 2. The number of benzene rings is 1. The second-order valence-corrected chi connectivity index (χ2v) is 4.03. The maximum atomic E-state index is 11.5. The third kappa shape index (κ3) is 6.39. The van der Waals surface area contributed by atoms with Crippen molar-refractivity contribution >= 4 is 23.8 Å². The molecular weight excluding hydrogens is 256 g/mol. The molecule has 2 amide bonds. The Hall–Kier alpha value is -2.56. The molecule has 0 saturated carbocycles. The molecule has 20 heavy (non-hydrogen) atoms. The zero-order chi connectivity index (χ0) is 14.8. The Morgan fingerprint density at radius 3 is 2.55 bits per heavy atom. The number of carbonyl (C=O) groups is 2. The van der Waals surface area contributed by atoms with E-state index in [1.54, 1.807) is 24.3 Å². The Balaban J connectivity index is 2.44. The van der Waals surface area contributed by atoms with Gasteiger partial charge in [0.25, 0.3) is 0 Å². The monoisotopic (exact) mass is 274 g/mol. The second kappa shape index (κ2) is 8.53. The summed E-state index contributed by atoms with van der Waals surface area (Å²) >= 11 is 0. The highest BCUT2D eigenvalue weighted by molar-refractivity contribution is 5.89. The van der Waals surface area contributed by atoms with E-state index in [0.29, 0.717) is 12.2 Å². The highest BCUT2D eigenvalue weighted by Gasteiger charge is 1.99. The number of allylic oxidation sites excluding steroid dienone is 1. The number of aliphatic carboxylic acids is 1. The van der Waals surface area contributed by atoms with Crippen molar-refractivity contribution in [3.05, 3.63) is 48.1 Å². The number of rotatable bonds is 6. The molecule has 106 valence electrons. The number of amides is 2. The first-order valence-corrected chi connectivity index (χ1v) is 6.29. The Bertz CT molecular complexity index is 504. The third-order valence-electron chi connectivity index (χ3n) is 2.42. The lowest BCUT2D eigenvalue weighted by molar-refractivity contribution is -0.131. The summed E-state index contributed by atoms with van der Waals surface area (Å²) in [5, 5.41) is 13.9. The van der Waals surface area contributed by atoms with Crippen LogP contribution in [0.15, 0.2) is 42.5 Å². The van der Waals surface area contributed by atoms with Crippen molar-refractivity contribution in [3.63, 3.8) is 0 Å². The zero-order valence-corrected chi connectivity index (χ0v) is 11.3. The average molecular weight is 274 g/mol. The van der Waals surface area contributed by atoms with Gasteiger partial charge < -0.3 is 15.7 Å². The maximum Gasteiger partial charge on any atom is 0.328 e. The van der Waals surface area contributed by atoms with Crippen LogP contribution < -0.4 is 10.6 Å². The smallest absolute Gasteiger partial charge is 0.328 e. The Morgan fingerprint density at radius 2 is 1.95 bits per heavy atom. The molecule has 0 unspecified atom stereocenters. The van der Waals surface area contributed by atoms with Crippen LogP contribution in [0.3, 0.4) is 0 Å². The predicted molar refractivity (Wildman–Crippen MR) is 79.6 cm³/mol. The molecule has 1 rings (SSSR count). The van der Waals surface area contributed by atoms with Crippen LogP contribution >= 0.6 is 0 Å². The van der Waals surface area contributed by atoms with Crippen LogP contribution in [-0.2, 0) is 4.79 Å². The fraction of sp³-hybridized carbons (Fsp3) is 0.200. The molecule has 0 heterocycles. The molecule has 0 radical (unpaired) electrons. The summed E-state index contributed by atoms with van der Waals surface area (Å²) in [6, 6.07) is 6.63. The first-order valence-electron chi connectivity index (χ1n) is 6.29. The summed E-state index contributed by atoms with van der Waals surface area (Å²) in [6.07, 6.45) is 7.26. The first kappa shape index (κ1) is 15.5. The van der Waals surface area contributed by atoms with Crippen molar-refractivity contribution in [2.24, 2.45) is 0 Å². The Kier molecular flexibility index (Phi) is 6.61. The van der Waals surface area contributed by atoms with Gasteiger partial charge >= 0.3 is 12.0 Å². The minimum Gasteiger partial charge on any atom is -0.478 e. The molecular formula is C15H18N2O3. The largest absolute Gasteiger partial charge is 0.478 e. The summed E-state index contributed by atoms with van der Waals surface area (Å²) in [6.45, 7) is 2.51. The molecule has 3 N–H and O–H groups in total. The minimum absolute atomic E-state index is 0.261. The van der Waals surface area contributed by atoms with E-state index >= 15 is 0 Å². The van der Waals surface area contributed by atoms with Crippen molar-refractivity contribution in [1.29, 1.82) is 0 Å². The molecule has 5 heteroatoms. The van der Waals surface area contributed by atoms with Crippen LogP contribution in [0.5, 0.6) is 0 Å². The molecule has 0 aliphatic heterocycles. The predicted octanol–water partition coefficient (Wildman–Crippen LogP) is 2.87. The zero-order valence-electron chi connectivity index (χ0n) is 11.3. The lowest BCUT2D eigenvalue weighted by Crippen LogP contribution is -2.29. The summed E-state index contributed by atoms with van der Waals surface area (Å²) in [5.41, 5.74) is 1.41. The van der Waals surface area contributed by atoms with Crippen molar-refractivity contribution < 1.29 is 14.7 Å². The highest BCUT2D eigenvalue weighted by Crippen LogP contribution is 2.10. The minimum atomic E-state index is -0.993. The quantitative estimate of drug-likeness (QED) is 0.424. The van der Waals surface area contributed by atoms with Gasteiger partial charge in [0, 0.05) is 18.3 Å². The number of anilines is 1. The van der Waals surface area contributed by atoms with Crippen LogP contribution in [-0.4, -0.2) is 23.7 Å². The molecule has 0 fully saturated rings. The van der Waals surface area contributed by atoms with Crippen LogP contribution in [0.25, 0.3) is 6.08 Å². The number of hydrogen-bond donors (Lipinski definition) is 3. The Labute approximate surface area is 118 Å². The van der Waals surface area contributed by atoms with Gasteiger partial charge in [-0.2, -0.15) is 0 Å². The molecule has 5 nitrogen and oxygen atoms in total. The standard InChI is InChI=1S/C15H18N2O3/c1-2-3-4-11-16-15(20)17-13-8-5-12(6-9-13)7-10-14(18)19/h2-3,5-10H,4,11H2,1H3,(H,18,19)(H2,16,17,20)/b3-2+,10-7+.